The number of benzene rings is 1. The molecule has 0 spiro atoms. The predicted octanol–water partition coefficient (Wildman–Crippen LogP) is 2.58. The van der Waals surface area contributed by atoms with Crippen LogP contribution in [0.15, 0.2) is 45.7 Å². The van der Waals surface area contributed by atoms with Gasteiger partial charge in [0.25, 0.3) is 5.56 Å². The highest BCUT2D eigenvalue weighted by Crippen LogP contribution is 2.22. The molecule has 1 aromatic carbocycles. The van der Waals surface area contributed by atoms with Crippen molar-refractivity contribution in [3.8, 4) is 0 Å². The van der Waals surface area contributed by atoms with Crippen LogP contribution in [0.25, 0.3) is 10.2 Å². The summed E-state index contributed by atoms with van der Waals surface area (Å²) in [7, 11) is 1.68. The molecule has 6 nitrogen and oxygen atoms in total. The predicted molar refractivity (Wildman–Crippen MR) is 111 cm³/mol. The maximum absolute atomic E-state index is 13.9. The van der Waals surface area contributed by atoms with Crippen LogP contribution in [-0.4, -0.2) is 52.3 Å². The molecule has 0 unspecified atom stereocenters. The number of amides is 1. The van der Waals surface area contributed by atoms with E-state index in [0.717, 1.165) is 0 Å². The van der Waals surface area contributed by atoms with E-state index < -0.39 is 0 Å². The summed E-state index contributed by atoms with van der Waals surface area (Å²) >= 11 is 2.64. The number of carbonyl (C=O) groups excluding carboxylic acids is 1. The Bertz CT molecular complexity index is 1070. The van der Waals surface area contributed by atoms with Crippen molar-refractivity contribution in [1.29, 1.82) is 0 Å². The van der Waals surface area contributed by atoms with E-state index in [1.54, 1.807) is 24.1 Å². The molecule has 1 fully saturated rings. The summed E-state index contributed by atoms with van der Waals surface area (Å²) < 4.78 is 16.1. The van der Waals surface area contributed by atoms with Crippen LogP contribution in [0.1, 0.15) is 0 Å². The Morgan fingerprint density at radius 1 is 1.21 bits per heavy atom. The average molecular weight is 419 g/mol. The zero-order valence-corrected chi connectivity index (χ0v) is 16.9. The molecule has 4 rings (SSSR count). The number of para-hydroxylation sites is 1. The topological polar surface area (TPSA) is 58.4 Å². The van der Waals surface area contributed by atoms with E-state index in [2.05, 4.69) is 4.98 Å². The summed E-state index contributed by atoms with van der Waals surface area (Å²) in [6.45, 7) is 2.27. The number of thiophene rings is 1. The number of thioether (sulfide) groups is 1. The summed E-state index contributed by atoms with van der Waals surface area (Å²) in [4.78, 5) is 33.2. The van der Waals surface area contributed by atoms with Gasteiger partial charge in [-0.15, -0.1) is 11.3 Å². The molecule has 0 atom stereocenters. The van der Waals surface area contributed by atoms with Gasteiger partial charge in [-0.05, 0) is 23.6 Å². The fraction of sp³-hybridized carbons (Fsp3) is 0.316. The van der Waals surface area contributed by atoms with Gasteiger partial charge in [0.05, 0.1) is 17.0 Å². The largest absolute Gasteiger partial charge is 0.366 e. The highest BCUT2D eigenvalue weighted by molar-refractivity contribution is 7.99. The second-order valence-electron chi connectivity index (χ2n) is 6.50. The summed E-state index contributed by atoms with van der Waals surface area (Å²) in [6.07, 6.45) is 0. The van der Waals surface area contributed by atoms with Gasteiger partial charge >= 0.3 is 0 Å². The number of rotatable bonds is 4. The van der Waals surface area contributed by atoms with Crippen molar-refractivity contribution in [2.45, 2.75) is 5.16 Å². The van der Waals surface area contributed by atoms with Crippen LogP contribution >= 0.6 is 23.1 Å². The zero-order chi connectivity index (χ0) is 19.7. The van der Waals surface area contributed by atoms with Gasteiger partial charge in [0.2, 0.25) is 5.91 Å². The van der Waals surface area contributed by atoms with Crippen molar-refractivity contribution >= 4 is 44.9 Å². The molecule has 9 heteroatoms. The van der Waals surface area contributed by atoms with Gasteiger partial charge < -0.3 is 9.80 Å². The number of halogens is 1. The SMILES string of the molecule is Cn1c(SCC(=O)N2CCN(c3ccccc3F)CC2)nc2ccsc2c1=O. The van der Waals surface area contributed by atoms with Crippen LogP contribution in [-0.2, 0) is 11.8 Å². The highest BCUT2D eigenvalue weighted by Gasteiger charge is 2.23. The number of hydrogen-bond acceptors (Lipinski definition) is 6. The van der Waals surface area contributed by atoms with Crippen molar-refractivity contribution in [3.63, 3.8) is 0 Å². The molecule has 1 saturated heterocycles. The Kier molecular flexibility index (Phi) is 5.36. The van der Waals surface area contributed by atoms with E-state index in [4.69, 9.17) is 0 Å². The maximum Gasteiger partial charge on any atom is 0.271 e. The summed E-state index contributed by atoms with van der Waals surface area (Å²) in [5, 5.41) is 2.38. The first-order valence-corrected chi connectivity index (χ1v) is 10.8. The molecular formula is C19H19FN4O2S2. The van der Waals surface area contributed by atoms with Gasteiger partial charge in [-0.3, -0.25) is 14.2 Å². The van der Waals surface area contributed by atoms with Crippen LogP contribution in [0.3, 0.4) is 0 Å². The minimum atomic E-state index is -0.242. The van der Waals surface area contributed by atoms with Crippen molar-refractivity contribution in [1.82, 2.24) is 14.5 Å². The number of anilines is 1. The van der Waals surface area contributed by atoms with Crippen molar-refractivity contribution < 1.29 is 9.18 Å². The lowest BCUT2D eigenvalue weighted by atomic mass is 10.2. The molecule has 2 aromatic heterocycles. The summed E-state index contributed by atoms with van der Waals surface area (Å²) in [5.41, 5.74) is 1.15. The fourth-order valence-corrected chi connectivity index (χ4v) is 4.90. The van der Waals surface area contributed by atoms with Gasteiger partial charge in [0.15, 0.2) is 5.16 Å². The maximum atomic E-state index is 13.9. The molecule has 3 aromatic rings. The third kappa shape index (κ3) is 3.64. The van der Waals surface area contributed by atoms with Crippen molar-refractivity contribution in [2.75, 3.05) is 36.8 Å². The van der Waals surface area contributed by atoms with E-state index in [1.165, 1.54) is 33.7 Å². The number of nitrogens with zero attached hydrogens (tertiary/aromatic N) is 4. The molecule has 0 N–H and O–H groups in total. The van der Waals surface area contributed by atoms with E-state index in [-0.39, 0.29) is 23.0 Å². The first-order valence-electron chi connectivity index (χ1n) is 8.89. The number of piperazine rings is 1. The van der Waals surface area contributed by atoms with Gasteiger partial charge in [-0.25, -0.2) is 9.37 Å². The third-order valence-corrected chi connectivity index (χ3v) is 6.70. The van der Waals surface area contributed by atoms with Gasteiger partial charge in [0, 0.05) is 33.2 Å². The Labute approximate surface area is 169 Å². The fourth-order valence-electron chi connectivity index (χ4n) is 3.22. The molecule has 0 saturated carbocycles. The van der Waals surface area contributed by atoms with Gasteiger partial charge in [0.1, 0.15) is 10.5 Å². The Balaban J connectivity index is 1.37. The molecule has 0 radical (unpaired) electrons. The molecule has 0 aliphatic carbocycles. The normalized spacial score (nSPS) is 14.6. The van der Waals surface area contributed by atoms with Crippen LogP contribution in [0.2, 0.25) is 0 Å². The van der Waals surface area contributed by atoms with Crippen LogP contribution < -0.4 is 10.5 Å². The molecule has 28 heavy (non-hydrogen) atoms. The highest BCUT2D eigenvalue weighted by atomic mass is 32.2. The summed E-state index contributed by atoms with van der Waals surface area (Å²) in [6, 6.07) is 8.51. The van der Waals surface area contributed by atoms with E-state index in [1.807, 2.05) is 22.4 Å². The molecular weight excluding hydrogens is 399 g/mol. The molecule has 0 bridgehead atoms. The van der Waals surface area contributed by atoms with Crippen molar-refractivity contribution in [2.24, 2.45) is 7.05 Å². The number of aromatic nitrogens is 2. The Hall–Kier alpha value is -2.39. The lowest BCUT2D eigenvalue weighted by molar-refractivity contribution is -0.128. The van der Waals surface area contributed by atoms with Gasteiger partial charge in [-0.1, -0.05) is 23.9 Å². The van der Waals surface area contributed by atoms with E-state index >= 15 is 0 Å². The minimum absolute atomic E-state index is 0.00199. The zero-order valence-electron chi connectivity index (χ0n) is 15.3. The third-order valence-electron chi connectivity index (χ3n) is 4.80. The second-order valence-corrected chi connectivity index (χ2v) is 8.36. The Morgan fingerprint density at radius 3 is 2.71 bits per heavy atom. The van der Waals surface area contributed by atoms with Crippen LogP contribution in [0, 0.1) is 5.82 Å². The second kappa shape index (κ2) is 7.92. The lowest BCUT2D eigenvalue weighted by Crippen LogP contribution is -2.49. The molecule has 3 heterocycles. The monoisotopic (exact) mass is 418 g/mol. The quantitative estimate of drug-likeness (QED) is 0.482. The van der Waals surface area contributed by atoms with Crippen LogP contribution in [0.4, 0.5) is 10.1 Å². The average Bonchev–Trinajstić information content (AvgIpc) is 3.18. The molecule has 1 amide bonds. The molecule has 1 aliphatic heterocycles. The van der Waals surface area contributed by atoms with E-state index in [0.29, 0.717) is 47.2 Å². The Morgan fingerprint density at radius 2 is 1.96 bits per heavy atom. The summed E-state index contributed by atoms with van der Waals surface area (Å²) in [5.74, 6) is -0.0261. The number of carbonyl (C=O) groups is 1. The standard InChI is InChI=1S/C19H19FN4O2S2/c1-22-18(26)17-14(6-11-27-17)21-19(22)28-12-16(25)24-9-7-23(8-10-24)15-5-3-2-4-13(15)20/h2-6,11H,7-10,12H2,1H3. The van der Waals surface area contributed by atoms with Crippen molar-refractivity contribution in [3.05, 3.63) is 51.9 Å². The van der Waals surface area contributed by atoms with Gasteiger partial charge in [-0.2, -0.15) is 0 Å². The number of fused-ring (bicyclic) bond motifs is 1. The number of hydrogen-bond donors (Lipinski definition) is 0. The lowest BCUT2D eigenvalue weighted by Gasteiger charge is -2.36. The molecule has 1 aliphatic rings. The smallest absolute Gasteiger partial charge is 0.271 e. The molecule has 146 valence electrons. The van der Waals surface area contributed by atoms with E-state index in [9.17, 15) is 14.0 Å². The van der Waals surface area contributed by atoms with Crippen LogP contribution in [0.5, 0.6) is 0 Å². The minimum Gasteiger partial charge on any atom is -0.366 e. The first-order chi connectivity index (χ1) is 13.5. The first kappa shape index (κ1) is 18.9.